The van der Waals surface area contributed by atoms with E-state index in [4.69, 9.17) is 4.98 Å². The van der Waals surface area contributed by atoms with E-state index < -0.39 is 0 Å². The lowest BCUT2D eigenvalue weighted by molar-refractivity contribution is 0.281. The minimum atomic E-state index is 0.00787. The molecule has 1 aliphatic heterocycles. The second kappa shape index (κ2) is 7.31. The van der Waals surface area contributed by atoms with Crippen LogP contribution in [0.15, 0.2) is 36.7 Å². The van der Waals surface area contributed by atoms with Gasteiger partial charge in [0.15, 0.2) is 0 Å². The zero-order valence-electron chi connectivity index (χ0n) is 16.4. The van der Waals surface area contributed by atoms with Crippen molar-refractivity contribution in [2.24, 2.45) is 0 Å². The van der Waals surface area contributed by atoms with Crippen molar-refractivity contribution >= 4 is 16.7 Å². The van der Waals surface area contributed by atoms with Crippen LogP contribution in [0.5, 0.6) is 0 Å². The van der Waals surface area contributed by atoms with Gasteiger partial charge in [-0.25, -0.2) is 9.97 Å². The summed E-state index contributed by atoms with van der Waals surface area (Å²) in [6, 6.07) is 8.78. The van der Waals surface area contributed by atoms with E-state index in [0.29, 0.717) is 12.0 Å². The van der Waals surface area contributed by atoms with E-state index in [2.05, 4.69) is 65.7 Å². The molecule has 0 aliphatic carbocycles. The monoisotopic (exact) mass is 364 g/mol. The first-order valence-corrected chi connectivity index (χ1v) is 9.85. The number of piperidine rings is 1. The third-order valence-electron chi connectivity index (χ3n) is 5.54. The molecule has 0 radical (unpaired) electrons. The summed E-state index contributed by atoms with van der Waals surface area (Å²) in [4.78, 5) is 11.9. The number of pyridine rings is 1. The summed E-state index contributed by atoms with van der Waals surface area (Å²) >= 11 is 0. The Hall–Kier alpha value is -2.40. The lowest BCUT2D eigenvalue weighted by Crippen LogP contribution is -2.36. The number of benzene rings is 1. The molecule has 5 nitrogen and oxygen atoms in total. The van der Waals surface area contributed by atoms with Gasteiger partial charge in [0.05, 0.1) is 12.1 Å². The Bertz CT molecular complexity index is 947. The van der Waals surface area contributed by atoms with Crippen molar-refractivity contribution in [3.63, 3.8) is 0 Å². The average Bonchev–Trinajstić information content (AvgIpc) is 3.17. The number of aryl methyl sites for hydroxylation is 1. The van der Waals surface area contributed by atoms with Crippen LogP contribution in [0.3, 0.4) is 0 Å². The van der Waals surface area contributed by atoms with Crippen LogP contribution in [-0.2, 0) is 6.61 Å². The molecule has 0 spiro atoms. The van der Waals surface area contributed by atoms with Crippen LogP contribution in [0.25, 0.3) is 10.9 Å². The largest absolute Gasteiger partial charge is 0.392 e. The first-order chi connectivity index (χ1) is 13.1. The summed E-state index contributed by atoms with van der Waals surface area (Å²) < 4.78 is 2.28. The van der Waals surface area contributed by atoms with Gasteiger partial charge in [0.2, 0.25) is 0 Å². The van der Waals surface area contributed by atoms with Crippen molar-refractivity contribution in [3.05, 3.63) is 53.6 Å². The Labute approximate surface area is 160 Å². The highest BCUT2D eigenvalue weighted by Crippen LogP contribution is 2.32. The van der Waals surface area contributed by atoms with Crippen LogP contribution >= 0.6 is 0 Å². The highest BCUT2D eigenvalue weighted by molar-refractivity contribution is 5.82. The number of imidazole rings is 1. The van der Waals surface area contributed by atoms with Crippen molar-refractivity contribution in [1.29, 1.82) is 0 Å². The third-order valence-corrected chi connectivity index (χ3v) is 5.54. The number of aliphatic hydroxyl groups is 1. The van der Waals surface area contributed by atoms with Gasteiger partial charge in [0, 0.05) is 48.4 Å². The molecular formula is C22H28N4O. The number of rotatable bonds is 4. The fourth-order valence-electron chi connectivity index (χ4n) is 4.16. The molecule has 1 aliphatic rings. The summed E-state index contributed by atoms with van der Waals surface area (Å²) in [5.41, 5.74) is 3.10. The summed E-state index contributed by atoms with van der Waals surface area (Å²) in [6.45, 7) is 8.35. The van der Waals surface area contributed by atoms with Crippen molar-refractivity contribution in [2.75, 3.05) is 18.0 Å². The van der Waals surface area contributed by atoms with Crippen LogP contribution < -0.4 is 4.90 Å². The number of fused-ring (bicyclic) bond motifs is 1. The van der Waals surface area contributed by atoms with Crippen molar-refractivity contribution in [1.82, 2.24) is 14.5 Å². The van der Waals surface area contributed by atoms with Gasteiger partial charge in [0.25, 0.3) is 0 Å². The minimum Gasteiger partial charge on any atom is -0.392 e. The topological polar surface area (TPSA) is 54.2 Å². The van der Waals surface area contributed by atoms with Gasteiger partial charge in [-0.3, -0.25) is 0 Å². The van der Waals surface area contributed by atoms with E-state index in [1.807, 2.05) is 6.20 Å². The van der Waals surface area contributed by atoms with E-state index in [1.54, 1.807) is 0 Å². The molecule has 142 valence electrons. The van der Waals surface area contributed by atoms with Crippen LogP contribution in [0.2, 0.25) is 0 Å². The highest BCUT2D eigenvalue weighted by Gasteiger charge is 2.27. The number of hydrogen-bond donors (Lipinski definition) is 1. The van der Waals surface area contributed by atoms with Gasteiger partial charge in [-0.1, -0.05) is 12.1 Å². The highest BCUT2D eigenvalue weighted by atomic mass is 16.3. The Balaban J connectivity index is 1.69. The summed E-state index contributed by atoms with van der Waals surface area (Å²) in [5, 5.41) is 11.0. The van der Waals surface area contributed by atoms with E-state index in [9.17, 15) is 5.11 Å². The fraction of sp³-hybridized carbons (Fsp3) is 0.455. The lowest BCUT2D eigenvalue weighted by Gasteiger charge is -2.35. The van der Waals surface area contributed by atoms with Gasteiger partial charge in [-0.2, -0.15) is 0 Å². The Kier molecular flexibility index (Phi) is 4.87. The predicted molar refractivity (Wildman–Crippen MR) is 109 cm³/mol. The third kappa shape index (κ3) is 3.44. The number of aromatic nitrogens is 3. The molecular weight excluding hydrogens is 336 g/mol. The Morgan fingerprint density at radius 3 is 2.89 bits per heavy atom. The Morgan fingerprint density at radius 1 is 1.26 bits per heavy atom. The molecule has 0 saturated carbocycles. The van der Waals surface area contributed by atoms with Crippen molar-refractivity contribution in [2.45, 2.75) is 52.2 Å². The standard InChI is InChI=1S/C22H28N4O/c1-15(2)26-10-8-23-21(26)18-5-4-9-25(13-18)22-19(14-27)12-17-7-6-16(3)11-20(17)24-22/h6-8,10-12,15,18,27H,4-5,9,13-14H2,1-3H3/t18-/m0/s1. The second-order valence-corrected chi connectivity index (χ2v) is 7.90. The molecule has 1 N–H and O–H groups in total. The molecule has 0 unspecified atom stereocenters. The summed E-state index contributed by atoms with van der Waals surface area (Å²) in [5.74, 6) is 2.47. The van der Waals surface area contributed by atoms with E-state index in [1.165, 1.54) is 5.56 Å². The molecule has 1 aromatic carbocycles. The maximum absolute atomic E-state index is 9.95. The zero-order valence-corrected chi connectivity index (χ0v) is 16.4. The maximum Gasteiger partial charge on any atom is 0.134 e. The van der Waals surface area contributed by atoms with Crippen LogP contribution in [0, 0.1) is 6.92 Å². The zero-order chi connectivity index (χ0) is 19.0. The molecule has 4 rings (SSSR count). The van der Waals surface area contributed by atoms with Gasteiger partial charge >= 0.3 is 0 Å². The van der Waals surface area contributed by atoms with Crippen LogP contribution in [0.4, 0.5) is 5.82 Å². The van der Waals surface area contributed by atoms with Crippen LogP contribution in [-0.4, -0.2) is 32.7 Å². The lowest BCUT2D eigenvalue weighted by atomic mass is 9.96. The van der Waals surface area contributed by atoms with E-state index in [0.717, 1.165) is 54.0 Å². The molecule has 1 fully saturated rings. The molecule has 5 heteroatoms. The molecule has 1 saturated heterocycles. The van der Waals surface area contributed by atoms with Crippen molar-refractivity contribution < 1.29 is 5.11 Å². The smallest absolute Gasteiger partial charge is 0.134 e. The molecule has 27 heavy (non-hydrogen) atoms. The summed E-state index contributed by atoms with van der Waals surface area (Å²) in [7, 11) is 0. The number of hydrogen-bond acceptors (Lipinski definition) is 4. The number of aliphatic hydroxyl groups excluding tert-OH is 1. The van der Waals surface area contributed by atoms with E-state index in [-0.39, 0.29) is 6.61 Å². The molecule has 2 aromatic heterocycles. The van der Waals surface area contributed by atoms with Gasteiger partial charge < -0.3 is 14.6 Å². The normalized spacial score (nSPS) is 17.8. The number of nitrogens with zero attached hydrogens (tertiary/aromatic N) is 4. The van der Waals surface area contributed by atoms with Crippen molar-refractivity contribution in [3.8, 4) is 0 Å². The maximum atomic E-state index is 9.95. The molecule has 3 aromatic rings. The number of anilines is 1. The predicted octanol–water partition coefficient (Wildman–Crippen LogP) is 4.20. The first-order valence-electron chi connectivity index (χ1n) is 9.85. The Morgan fingerprint density at radius 2 is 2.11 bits per heavy atom. The fourth-order valence-corrected chi connectivity index (χ4v) is 4.16. The molecule has 0 amide bonds. The second-order valence-electron chi connectivity index (χ2n) is 7.90. The quantitative estimate of drug-likeness (QED) is 0.754. The summed E-state index contributed by atoms with van der Waals surface area (Å²) in [6.07, 6.45) is 6.23. The van der Waals surface area contributed by atoms with Gasteiger partial charge in [-0.15, -0.1) is 0 Å². The molecule has 3 heterocycles. The minimum absolute atomic E-state index is 0.00787. The first kappa shape index (κ1) is 18.0. The average molecular weight is 364 g/mol. The van der Waals surface area contributed by atoms with Gasteiger partial charge in [0.1, 0.15) is 11.6 Å². The SMILES string of the molecule is Cc1ccc2cc(CO)c(N3CCC[C@H](c4nccn4C(C)C)C3)nc2c1. The molecule has 0 bridgehead atoms. The molecule has 1 atom stereocenters. The van der Waals surface area contributed by atoms with Gasteiger partial charge in [-0.05, 0) is 51.3 Å². The van der Waals surface area contributed by atoms with Crippen LogP contribution in [0.1, 0.15) is 55.6 Å². The van der Waals surface area contributed by atoms with E-state index >= 15 is 0 Å².